The number of fused-ring (bicyclic) bond motifs is 1. The molecule has 0 saturated heterocycles. The zero-order valence-corrected chi connectivity index (χ0v) is 15.8. The summed E-state index contributed by atoms with van der Waals surface area (Å²) < 4.78 is 0. The van der Waals surface area contributed by atoms with E-state index in [9.17, 15) is 4.79 Å². The van der Waals surface area contributed by atoms with E-state index in [1.54, 1.807) is 24.2 Å². The molecule has 2 aromatic heterocycles. The van der Waals surface area contributed by atoms with E-state index >= 15 is 0 Å². The lowest BCUT2D eigenvalue weighted by molar-refractivity contribution is 0.0944. The molecular weight excluding hydrogens is 378 g/mol. The van der Waals surface area contributed by atoms with Crippen LogP contribution in [-0.4, -0.2) is 15.9 Å². The molecule has 1 amide bonds. The molecule has 4 aromatic rings. The Morgan fingerprint density at radius 1 is 1.11 bits per heavy atom. The van der Waals surface area contributed by atoms with Crippen LogP contribution >= 0.6 is 23.4 Å². The van der Waals surface area contributed by atoms with Gasteiger partial charge in [-0.2, -0.15) is 0 Å². The van der Waals surface area contributed by atoms with E-state index in [1.165, 1.54) is 0 Å². The van der Waals surface area contributed by atoms with Crippen LogP contribution in [0.4, 0.5) is 0 Å². The minimum atomic E-state index is -0.162. The van der Waals surface area contributed by atoms with Crippen LogP contribution in [-0.2, 0) is 6.54 Å². The van der Waals surface area contributed by atoms with Crippen molar-refractivity contribution < 1.29 is 4.79 Å². The second-order valence-electron chi connectivity index (χ2n) is 5.98. The van der Waals surface area contributed by atoms with E-state index in [0.29, 0.717) is 17.3 Å². The fourth-order valence-electron chi connectivity index (χ4n) is 2.79. The van der Waals surface area contributed by atoms with Gasteiger partial charge >= 0.3 is 0 Å². The summed E-state index contributed by atoms with van der Waals surface area (Å²) in [5.41, 5.74) is 2.36. The van der Waals surface area contributed by atoms with E-state index in [1.807, 2.05) is 60.7 Å². The average Bonchev–Trinajstić information content (AvgIpc) is 3.05. The number of nitrogens with one attached hydrogen (secondary N) is 2. The molecule has 0 aliphatic carbocycles. The van der Waals surface area contributed by atoms with Crippen molar-refractivity contribution in [3.63, 3.8) is 0 Å². The molecule has 0 fully saturated rings. The summed E-state index contributed by atoms with van der Waals surface area (Å²) in [6, 6.07) is 19.3. The highest BCUT2D eigenvalue weighted by Gasteiger charge is 2.19. The van der Waals surface area contributed by atoms with Gasteiger partial charge in [0.15, 0.2) is 0 Å². The van der Waals surface area contributed by atoms with Gasteiger partial charge in [-0.3, -0.25) is 9.78 Å². The predicted octanol–water partition coefficient (Wildman–Crippen LogP) is 5.30. The van der Waals surface area contributed by atoms with Crippen LogP contribution in [0.25, 0.3) is 10.9 Å². The van der Waals surface area contributed by atoms with Gasteiger partial charge in [0.25, 0.3) is 5.91 Å². The molecule has 0 atom stereocenters. The molecule has 0 aliphatic heterocycles. The third-order valence-corrected chi connectivity index (χ3v) is 5.45. The number of rotatable bonds is 5. The first-order chi connectivity index (χ1) is 13.2. The molecule has 0 spiro atoms. The molecule has 6 heteroatoms. The highest BCUT2D eigenvalue weighted by atomic mass is 35.5. The zero-order valence-electron chi connectivity index (χ0n) is 14.3. The van der Waals surface area contributed by atoms with Gasteiger partial charge in [0.2, 0.25) is 0 Å². The molecule has 0 saturated carbocycles. The number of carbonyl (C=O) groups excluding carboxylic acids is 1. The highest BCUT2D eigenvalue weighted by Crippen LogP contribution is 2.37. The van der Waals surface area contributed by atoms with Gasteiger partial charge in [-0.05, 0) is 42.0 Å². The number of aromatic amines is 1. The minimum absolute atomic E-state index is 0.162. The van der Waals surface area contributed by atoms with Gasteiger partial charge in [-0.15, -0.1) is 0 Å². The molecule has 134 valence electrons. The number of halogens is 1. The fraction of sp³-hybridized carbons (Fsp3) is 0.0476. The summed E-state index contributed by atoms with van der Waals surface area (Å²) in [7, 11) is 0. The predicted molar refractivity (Wildman–Crippen MR) is 109 cm³/mol. The number of aromatic nitrogens is 2. The van der Waals surface area contributed by atoms with Gasteiger partial charge in [0.1, 0.15) is 5.69 Å². The Kier molecular flexibility index (Phi) is 5.14. The lowest BCUT2D eigenvalue weighted by atomic mass is 10.2. The van der Waals surface area contributed by atoms with Crippen LogP contribution in [0.1, 0.15) is 16.1 Å². The number of amides is 1. The van der Waals surface area contributed by atoms with Crippen LogP contribution in [0.5, 0.6) is 0 Å². The average molecular weight is 394 g/mol. The second-order valence-corrected chi connectivity index (χ2v) is 7.50. The van der Waals surface area contributed by atoms with E-state index in [4.69, 9.17) is 11.6 Å². The van der Waals surface area contributed by atoms with Crippen molar-refractivity contribution in [1.29, 1.82) is 0 Å². The van der Waals surface area contributed by atoms with Crippen molar-refractivity contribution in [3.05, 3.63) is 89.3 Å². The Bertz CT molecular complexity index is 1080. The maximum Gasteiger partial charge on any atom is 0.269 e. The normalized spacial score (nSPS) is 10.9. The maximum absolute atomic E-state index is 12.9. The first kappa shape index (κ1) is 17.6. The monoisotopic (exact) mass is 393 g/mol. The molecule has 2 N–H and O–H groups in total. The summed E-state index contributed by atoms with van der Waals surface area (Å²) in [6.07, 6.45) is 3.45. The summed E-state index contributed by atoms with van der Waals surface area (Å²) in [6.45, 7) is 0.415. The van der Waals surface area contributed by atoms with Crippen molar-refractivity contribution in [2.75, 3.05) is 0 Å². The van der Waals surface area contributed by atoms with Crippen LogP contribution in [0.15, 0.2) is 82.8 Å². The Hall–Kier alpha value is -2.76. The van der Waals surface area contributed by atoms with E-state index in [2.05, 4.69) is 15.3 Å². The summed E-state index contributed by atoms with van der Waals surface area (Å²) in [5, 5.41) is 4.53. The van der Waals surface area contributed by atoms with Crippen LogP contribution < -0.4 is 5.32 Å². The zero-order chi connectivity index (χ0) is 18.6. The number of carbonyl (C=O) groups is 1. The van der Waals surface area contributed by atoms with Crippen LogP contribution in [0.2, 0.25) is 5.02 Å². The number of pyridine rings is 1. The van der Waals surface area contributed by atoms with Gasteiger partial charge in [0, 0.05) is 39.8 Å². The topological polar surface area (TPSA) is 57.8 Å². The van der Waals surface area contributed by atoms with E-state index < -0.39 is 0 Å². The van der Waals surface area contributed by atoms with Crippen LogP contribution in [0.3, 0.4) is 0 Å². The number of hydrogen-bond acceptors (Lipinski definition) is 3. The highest BCUT2D eigenvalue weighted by molar-refractivity contribution is 7.99. The van der Waals surface area contributed by atoms with Crippen molar-refractivity contribution in [1.82, 2.24) is 15.3 Å². The molecule has 2 aromatic carbocycles. The summed E-state index contributed by atoms with van der Waals surface area (Å²) >= 11 is 7.74. The quantitative estimate of drug-likeness (QED) is 0.484. The lowest BCUT2D eigenvalue weighted by Crippen LogP contribution is -2.23. The first-order valence-corrected chi connectivity index (χ1v) is 9.61. The Labute approximate surface area is 166 Å². The molecule has 4 rings (SSSR count). The molecule has 4 nitrogen and oxygen atoms in total. The van der Waals surface area contributed by atoms with E-state index in [-0.39, 0.29) is 5.91 Å². The minimum Gasteiger partial charge on any atom is -0.350 e. The second kappa shape index (κ2) is 7.86. The SMILES string of the molecule is O=C(NCc1cccnc1)c1[nH]c2ccc(Cl)cc2c1Sc1ccccc1. The molecule has 0 aliphatic rings. The van der Waals surface area contributed by atoms with E-state index in [0.717, 1.165) is 26.3 Å². The molecule has 0 radical (unpaired) electrons. The molecule has 0 unspecified atom stereocenters. The number of H-pyrrole nitrogens is 1. The van der Waals surface area contributed by atoms with Gasteiger partial charge < -0.3 is 10.3 Å². The molecule has 0 bridgehead atoms. The Balaban J connectivity index is 1.68. The summed E-state index contributed by atoms with van der Waals surface area (Å²) in [4.78, 5) is 22.1. The number of hydrogen-bond donors (Lipinski definition) is 2. The standard InChI is InChI=1S/C21H16ClN3OS/c22-15-8-9-18-17(11-15)20(27-16-6-2-1-3-7-16)19(25-18)21(26)24-13-14-5-4-10-23-12-14/h1-12,25H,13H2,(H,24,26). The Morgan fingerprint density at radius 3 is 2.74 bits per heavy atom. The lowest BCUT2D eigenvalue weighted by Gasteiger charge is -2.07. The van der Waals surface area contributed by atoms with Crippen molar-refractivity contribution in [3.8, 4) is 0 Å². The number of benzene rings is 2. The first-order valence-electron chi connectivity index (χ1n) is 8.42. The third-order valence-electron chi connectivity index (χ3n) is 4.08. The van der Waals surface area contributed by atoms with Crippen molar-refractivity contribution >= 4 is 40.2 Å². The maximum atomic E-state index is 12.9. The molecule has 2 heterocycles. The largest absolute Gasteiger partial charge is 0.350 e. The fourth-order valence-corrected chi connectivity index (χ4v) is 4.01. The number of nitrogens with zero attached hydrogens (tertiary/aromatic N) is 1. The van der Waals surface area contributed by atoms with Gasteiger partial charge in [0.05, 0.1) is 4.90 Å². The molecular formula is C21H16ClN3OS. The summed E-state index contributed by atoms with van der Waals surface area (Å²) in [5.74, 6) is -0.162. The third kappa shape index (κ3) is 3.99. The van der Waals surface area contributed by atoms with Gasteiger partial charge in [-0.25, -0.2) is 0 Å². The van der Waals surface area contributed by atoms with Crippen molar-refractivity contribution in [2.24, 2.45) is 0 Å². The molecule has 27 heavy (non-hydrogen) atoms. The van der Waals surface area contributed by atoms with Crippen LogP contribution in [0, 0.1) is 0 Å². The smallest absolute Gasteiger partial charge is 0.269 e. The Morgan fingerprint density at radius 2 is 1.96 bits per heavy atom. The van der Waals surface area contributed by atoms with Gasteiger partial charge in [-0.1, -0.05) is 47.6 Å². The van der Waals surface area contributed by atoms with Crippen molar-refractivity contribution in [2.45, 2.75) is 16.3 Å².